The normalized spacial score (nSPS) is 30.0. The molecule has 3 saturated heterocycles. The minimum absolute atomic E-state index is 0.171. The highest BCUT2D eigenvalue weighted by Gasteiger charge is 2.30. The molecule has 3 heterocycles. The van der Waals surface area contributed by atoms with Gasteiger partial charge in [-0.3, -0.25) is 9.79 Å². The number of amides is 1. The molecule has 0 aliphatic carbocycles. The van der Waals surface area contributed by atoms with Crippen LogP contribution in [0.1, 0.15) is 39.5 Å². The fourth-order valence-corrected chi connectivity index (χ4v) is 4.92. The van der Waals surface area contributed by atoms with Crippen LogP contribution in [0.4, 0.5) is 0 Å². The highest BCUT2D eigenvalue weighted by Crippen LogP contribution is 2.20. The molecule has 0 aromatic heterocycles. The third-order valence-electron chi connectivity index (χ3n) is 6.19. The Morgan fingerprint density at radius 3 is 2.39 bits per heavy atom. The Morgan fingerprint density at radius 2 is 1.79 bits per heavy atom. The van der Waals surface area contributed by atoms with E-state index in [9.17, 15) is 4.79 Å². The molecule has 1 amide bonds. The first-order chi connectivity index (χ1) is 13.6. The van der Waals surface area contributed by atoms with Crippen molar-refractivity contribution >= 4 is 11.9 Å². The molecular weight excluding hydrogens is 354 g/mol. The van der Waals surface area contributed by atoms with Crippen molar-refractivity contribution in [2.75, 3.05) is 66.0 Å². The van der Waals surface area contributed by atoms with E-state index in [1.54, 1.807) is 0 Å². The van der Waals surface area contributed by atoms with E-state index in [0.29, 0.717) is 0 Å². The van der Waals surface area contributed by atoms with Crippen molar-refractivity contribution in [1.29, 1.82) is 0 Å². The number of aliphatic imine (C=N–C) groups is 1. The molecular formula is C21H39N5O2. The van der Waals surface area contributed by atoms with Gasteiger partial charge >= 0.3 is 0 Å². The Hall–Kier alpha value is -1.34. The number of likely N-dealkylation sites (tertiary alicyclic amines) is 1. The van der Waals surface area contributed by atoms with Crippen LogP contribution in [0.2, 0.25) is 0 Å². The Morgan fingerprint density at radius 1 is 1.11 bits per heavy atom. The molecule has 0 aromatic carbocycles. The topological polar surface area (TPSA) is 60.4 Å². The highest BCUT2D eigenvalue weighted by atomic mass is 16.5. The second-order valence-electron chi connectivity index (χ2n) is 8.85. The van der Waals surface area contributed by atoms with Crippen LogP contribution in [-0.2, 0) is 9.53 Å². The molecule has 3 atom stereocenters. The molecule has 28 heavy (non-hydrogen) atoms. The molecule has 0 radical (unpaired) electrons. The van der Waals surface area contributed by atoms with Gasteiger partial charge in [0.05, 0.1) is 0 Å². The Kier molecular flexibility index (Phi) is 7.97. The molecule has 0 bridgehead atoms. The van der Waals surface area contributed by atoms with E-state index in [1.165, 1.54) is 19.5 Å². The number of piperidine rings is 1. The molecule has 3 aliphatic rings. The molecule has 1 N–H and O–H groups in total. The van der Waals surface area contributed by atoms with Gasteiger partial charge in [0.15, 0.2) is 5.96 Å². The monoisotopic (exact) mass is 393 g/mol. The van der Waals surface area contributed by atoms with Crippen molar-refractivity contribution in [2.45, 2.75) is 45.6 Å². The quantitative estimate of drug-likeness (QED) is 0.433. The summed E-state index contributed by atoms with van der Waals surface area (Å²) in [5.74, 6) is 2.77. The van der Waals surface area contributed by atoms with Gasteiger partial charge in [0.25, 0.3) is 5.91 Å². The van der Waals surface area contributed by atoms with E-state index >= 15 is 0 Å². The molecule has 0 spiro atoms. The minimum Gasteiger partial charge on any atom is -0.368 e. The number of ether oxygens (including phenoxy) is 1. The number of guanidine groups is 1. The van der Waals surface area contributed by atoms with Crippen molar-refractivity contribution in [3.05, 3.63) is 0 Å². The zero-order valence-electron chi connectivity index (χ0n) is 18.0. The Balaban J connectivity index is 1.35. The summed E-state index contributed by atoms with van der Waals surface area (Å²) >= 11 is 0. The summed E-state index contributed by atoms with van der Waals surface area (Å²) in [6, 6.07) is 0. The van der Waals surface area contributed by atoms with E-state index in [0.717, 1.165) is 82.9 Å². The lowest BCUT2D eigenvalue weighted by atomic mass is 9.92. The van der Waals surface area contributed by atoms with Gasteiger partial charge in [0.2, 0.25) is 0 Å². The zero-order valence-corrected chi connectivity index (χ0v) is 18.0. The predicted octanol–water partition coefficient (Wildman–Crippen LogP) is 1.25. The summed E-state index contributed by atoms with van der Waals surface area (Å²) < 4.78 is 5.55. The SMILES string of the molecule is CN=C(NCCCN1CC(C)CC(C)C1)N1CCN(C(=O)C2CCCO2)CC1. The number of hydrogen-bond acceptors (Lipinski definition) is 4. The lowest BCUT2D eigenvalue weighted by Crippen LogP contribution is -2.55. The van der Waals surface area contributed by atoms with Crippen molar-refractivity contribution in [2.24, 2.45) is 16.8 Å². The number of carbonyl (C=O) groups excluding carboxylic acids is 1. The second-order valence-corrected chi connectivity index (χ2v) is 8.85. The summed E-state index contributed by atoms with van der Waals surface area (Å²) in [5, 5.41) is 3.52. The largest absolute Gasteiger partial charge is 0.368 e. The first-order valence-corrected chi connectivity index (χ1v) is 11.1. The number of nitrogens with one attached hydrogen (secondary N) is 1. The Labute approximate surface area is 170 Å². The van der Waals surface area contributed by atoms with E-state index in [-0.39, 0.29) is 12.0 Å². The third kappa shape index (κ3) is 5.83. The number of piperazine rings is 1. The molecule has 3 unspecified atom stereocenters. The van der Waals surface area contributed by atoms with E-state index in [4.69, 9.17) is 4.74 Å². The minimum atomic E-state index is -0.204. The average molecular weight is 394 g/mol. The van der Waals surface area contributed by atoms with Gasteiger partial charge in [0, 0.05) is 59.5 Å². The number of carbonyl (C=O) groups is 1. The smallest absolute Gasteiger partial charge is 0.251 e. The fourth-order valence-electron chi connectivity index (χ4n) is 4.92. The van der Waals surface area contributed by atoms with Crippen molar-refractivity contribution in [3.63, 3.8) is 0 Å². The van der Waals surface area contributed by atoms with Crippen LogP contribution in [0, 0.1) is 11.8 Å². The van der Waals surface area contributed by atoms with Crippen LogP contribution in [0.25, 0.3) is 0 Å². The molecule has 7 heteroatoms. The number of hydrogen-bond donors (Lipinski definition) is 1. The van der Waals surface area contributed by atoms with Gasteiger partial charge in [-0.2, -0.15) is 0 Å². The highest BCUT2D eigenvalue weighted by molar-refractivity contribution is 5.82. The van der Waals surface area contributed by atoms with Crippen molar-refractivity contribution in [1.82, 2.24) is 20.0 Å². The Bertz CT molecular complexity index is 517. The third-order valence-corrected chi connectivity index (χ3v) is 6.19. The molecule has 0 aromatic rings. The van der Waals surface area contributed by atoms with Gasteiger partial charge in [0.1, 0.15) is 6.10 Å². The van der Waals surface area contributed by atoms with Crippen LogP contribution in [0.5, 0.6) is 0 Å². The number of rotatable bonds is 5. The van der Waals surface area contributed by atoms with E-state index < -0.39 is 0 Å². The summed E-state index contributed by atoms with van der Waals surface area (Å²) in [7, 11) is 1.85. The lowest BCUT2D eigenvalue weighted by molar-refractivity contribution is -0.142. The molecule has 3 aliphatic heterocycles. The summed E-state index contributed by atoms with van der Waals surface area (Å²) in [6.07, 6.45) is 4.17. The van der Waals surface area contributed by atoms with Crippen LogP contribution in [-0.4, -0.2) is 98.7 Å². The zero-order chi connectivity index (χ0) is 19.9. The lowest BCUT2D eigenvalue weighted by Gasteiger charge is -2.37. The van der Waals surface area contributed by atoms with Gasteiger partial charge < -0.3 is 24.8 Å². The van der Waals surface area contributed by atoms with Crippen LogP contribution in [0.15, 0.2) is 4.99 Å². The summed E-state index contributed by atoms with van der Waals surface area (Å²) in [5.41, 5.74) is 0. The summed E-state index contributed by atoms with van der Waals surface area (Å²) in [4.78, 5) is 23.8. The van der Waals surface area contributed by atoms with Gasteiger partial charge in [-0.05, 0) is 44.1 Å². The fraction of sp³-hybridized carbons (Fsp3) is 0.905. The predicted molar refractivity (Wildman–Crippen MR) is 112 cm³/mol. The van der Waals surface area contributed by atoms with E-state index in [1.807, 2.05) is 11.9 Å². The first-order valence-electron chi connectivity index (χ1n) is 11.1. The molecule has 160 valence electrons. The van der Waals surface area contributed by atoms with E-state index in [2.05, 4.69) is 34.0 Å². The maximum absolute atomic E-state index is 12.5. The molecule has 3 rings (SSSR count). The molecule has 7 nitrogen and oxygen atoms in total. The van der Waals surface area contributed by atoms with Crippen LogP contribution in [0.3, 0.4) is 0 Å². The summed E-state index contributed by atoms with van der Waals surface area (Å²) in [6.45, 7) is 13.2. The van der Waals surface area contributed by atoms with Crippen LogP contribution < -0.4 is 5.32 Å². The van der Waals surface area contributed by atoms with Crippen molar-refractivity contribution < 1.29 is 9.53 Å². The number of nitrogens with zero attached hydrogens (tertiary/aromatic N) is 4. The van der Waals surface area contributed by atoms with Crippen molar-refractivity contribution in [3.8, 4) is 0 Å². The van der Waals surface area contributed by atoms with Gasteiger partial charge in [-0.15, -0.1) is 0 Å². The molecule has 0 saturated carbocycles. The average Bonchev–Trinajstić information content (AvgIpc) is 3.22. The second kappa shape index (κ2) is 10.4. The maximum atomic E-state index is 12.5. The molecule has 3 fully saturated rings. The van der Waals surface area contributed by atoms with Gasteiger partial charge in [-0.25, -0.2) is 0 Å². The van der Waals surface area contributed by atoms with Crippen LogP contribution >= 0.6 is 0 Å². The standard InChI is InChI=1S/C21H39N5O2/c1-17-14-18(2)16-24(15-17)8-5-7-23-21(22-3)26-11-9-25(10-12-26)20(27)19-6-4-13-28-19/h17-19H,4-16H2,1-3H3,(H,22,23). The maximum Gasteiger partial charge on any atom is 0.251 e. The van der Waals surface area contributed by atoms with Gasteiger partial charge in [-0.1, -0.05) is 13.8 Å². The first kappa shape index (κ1) is 21.4.